The van der Waals surface area contributed by atoms with Crippen LogP contribution in [0.3, 0.4) is 0 Å². The normalized spacial score (nSPS) is 18.4. The average molecular weight is 424 g/mol. The number of ether oxygens (including phenoxy) is 2. The molecule has 3 aliphatic rings. The molecule has 2 amide bonds. The maximum atomic E-state index is 13.0. The molecule has 0 saturated carbocycles. The van der Waals surface area contributed by atoms with Crippen molar-refractivity contribution in [2.24, 2.45) is 0 Å². The molecule has 2 bridgehead atoms. The van der Waals surface area contributed by atoms with E-state index in [0.29, 0.717) is 0 Å². The Hall–Kier alpha value is -4.06. The Labute approximate surface area is 184 Å². The summed E-state index contributed by atoms with van der Waals surface area (Å²) in [4.78, 5) is 26.0. The largest absolute Gasteiger partial charge is 0.451 e. The molecular formula is C26H20N2O4. The predicted molar refractivity (Wildman–Crippen MR) is 120 cm³/mol. The third-order valence-corrected chi connectivity index (χ3v) is 6.53. The zero-order valence-corrected chi connectivity index (χ0v) is 17.6. The number of fused-ring (bicyclic) bond motifs is 3. The molecule has 0 fully saturated rings. The molecule has 2 aliphatic heterocycles. The second kappa shape index (κ2) is 6.72. The summed E-state index contributed by atoms with van der Waals surface area (Å²) in [6.45, 7) is 0. The van der Waals surface area contributed by atoms with Gasteiger partial charge >= 0.3 is 12.2 Å². The second-order valence-electron chi connectivity index (χ2n) is 8.09. The van der Waals surface area contributed by atoms with E-state index in [9.17, 15) is 9.59 Å². The van der Waals surface area contributed by atoms with Crippen LogP contribution in [0.15, 0.2) is 72.8 Å². The summed E-state index contributed by atoms with van der Waals surface area (Å²) in [5.41, 5.74) is 3.95. The summed E-state index contributed by atoms with van der Waals surface area (Å²) in [5, 5.41) is 7.10. The number of carbonyl (C=O) groups excluding carboxylic acids is 2. The Morgan fingerprint density at radius 2 is 0.875 bits per heavy atom. The molecule has 4 aromatic rings. The van der Waals surface area contributed by atoms with Gasteiger partial charge < -0.3 is 9.47 Å². The highest BCUT2D eigenvalue weighted by molar-refractivity contribution is 5.90. The molecule has 6 heteroatoms. The van der Waals surface area contributed by atoms with Crippen LogP contribution in [0.25, 0.3) is 21.5 Å². The summed E-state index contributed by atoms with van der Waals surface area (Å²) >= 11 is 0. The monoisotopic (exact) mass is 424 g/mol. The molecule has 0 atom stereocenters. The first-order valence-electron chi connectivity index (χ1n) is 10.4. The van der Waals surface area contributed by atoms with Gasteiger partial charge in [-0.1, -0.05) is 48.5 Å². The van der Waals surface area contributed by atoms with E-state index >= 15 is 0 Å². The Morgan fingerprint density at radius 3 is 1.12 bits per heavy atom. The molecule has 0 N–H and O–H groups in total. The van der Waals surface area contributed by atoms with E-state index in [4.69, 9.17) is 9.47 Å². The minimum absolute atomic E-state index is 0.509. The third kappa shape index (κ3) is 2.40. The fraction of sp³-hybridized carbons (Fsp3) is 0.154. The van der Waals surface area contributed by atoms with Gasteiger partial charge in [-0.3, -0.25) is 0 Å². The van der Waals surface area contributed by atoms with Crippen LogP contribution >= 0.6 is 0 Å². The van der Waals surface area contributed by atoms with Gasteiger partial charge in [0.2, 0.25) is 0 Å². The van der Waals surface area contributed by atoms with Crippen molar-refractivity contribution in [3.63, 3.8) is 0 Å². The molecule has 0 spiro atoms. The van der Waals surface area contributed by atoms with Gasteiger partial charge in [-0.25, -0.2) is 19.6 Å². The Kier molecular flexibility index (Phi) is 3.92. The SMILES string of the molecule is COC(=O)N1C2c3cc4ccccc4cc3C(c3cc4ccccc4cc32)N1C(=O)OC. The van der Waals surface area contributed by atoms with Crippen molar-refractivity contribution in [1.29, 1.82) is 0 Å². The molecular weight excluding hydrogens is 404 g/mol. The van der Waals surface area contributed by atoms with E-state index < -0.39 is 24.3 Å². The Morgan fingerprint density at radius 1 is 0.594 bits per heavy atom. The van der Waals surface area contributed by atoms with Gasteiger partial charge in [0, 0.05) is 0 Å². The molecule has 0 radical (unpaired) electrons. The Bertz CT molecular complexity index is 1240. The number of hydrazine groups is 1. The van der Waals surface area contributed by atoms with Crippen LogP contribution < -0.4 is 0 Å². The Balaban J connectivity index is 1.71. The molecule has 2 heterocycles. The molecule has 0 aromatic heterocycles. The topological polar surface area (TPSA) is 59.1 Å². The van der Waals surface area contributed by atoms with Crippen molar-refractivity contribution in [3.8, 4) is 0 Å². The number of rotatable bonds is 0. The second-order valence-corrected chi connectivity index (χ2v) is 8.09. The van der Waals surface area contributed by atoms with Crippen molar-refractivity contribution in [1.82, 2.24) is 10.0 Å². The van der Waals surface area contributed by atoms with E-state index in [2.05, 4.69) is 48.5 Å². The van der Waals surface area contributed by atoms with Crippen LogP contribution in [-0.2, 0) is 9.47 Å². The number of methoxy groups -OCH3 is 2. The first-order valence-corrected chi connectivity index (χ1v) is 10.4. The first-order chi connectivity index (χ1) is 15.6. The predicted octanol–water partition coefficient (Wildman–Crippen LogP) is 5.55. The summed E-state index contributed by atoms with van der Waals surface area (Å²) < 4.78 is 10.2. The van der Waals surface area contributed by atoms with Gasteiger partial charge in [-0.2, -0.15) is 0 Å². The first kappa shape index (κ1) is 18.7. The summed E-state index contributed by atoms with van der Waals surface area (Å²) in [6, 6.07) is 23.7. The van der Waals surface area contributed by atoms with E-state index in [-0.39, 0.29) is 0 Å². The molecule has 4 aromatic carbocycles. The summed E-state index contributed by atoms with van der Waals surface area (Å²) in [7, 11) is 2.64. The minimum atomic E-state index is -0.608. The smallest absolute Gasteiger partial charge is 0.429 e. The molecule has 0 saturated heterocycles. The maximum Gasteiger partial charge on any atom is 0.429 e. The molecule has 6 nitrogen and oxygen atoms in total. The van der Waals surface area contributed by atoms with Gasteiger partial charge in [0.15, 0.2) is 0 Å². The lowest BCUT2D eigenvalue weighted by molar-refractivity contribution is -0.0646. The van der Waals surface area contributed by atoms with Crippen LogP contribution in [-0.4, -0.2) is 36.4 Å². The minimum Gasteiger partial charge on any atom is -0.451 e. The fourth-order valence-corrected chi connectivity index (χ4v) is 5.18. The molecule has 7 rings (SSSR count). The van der Waals surface area contributed by atoms with Gasteiger partial charge in [-0.15, -0.1) is 0 Å². The zero-order valence-electron chi connectivity index (χ0n) is 17.6. The number of benzene rings is 4. The van der Waals surface area contributed by atoms with Crippen molar-refractivity contribution in [2.75, 3.05) is 14.2 Å². The van der Waals surface area contributed by atoms with Crippen molar-refractivity contribution in [3.05, 3.63) is 95.1 Å². The molecule has 32 heavy (non-hydrogen) atoms. The van der Waals surface area contributed by atoms with Crippen LogP contribution in [0.1, 0.15) is 34.3 Å². The third-order valence-electron chi connectivity index (χ3n) is 6.53. The molecule has 1 aliphatic carbocycles. The number of nitrogens with zero attached hydrogens (tertiary/aromatic N) is 2. The highest BCUT2D eigenvalue weighted by atomic mass is 16.6. The molecule has 158 valence electrons. The van der Waals surface area contributed by atoms with Gasteiger partial charge in [0.1, 0.15) is 12.1 Å². The van der Waals surface area contributed by atoms with Crippen molar-refractivity contribution in [2.45, 2.75) is 12.1 Å². The molecule has 0 unspecified atom stereocenters. The van der Waals surface area contributed by atoms with Crippen molar-refractivity contribution < 1.29 is 19.1 Å². The van der Waals surface area contributed by atoms with E-state index in [0.717, 1.165) is 43.8 Å². The quantitative estimate of drug-likeness (QED) is 0.371. The number of hydrogen-bond donors (Lipinski definition) is 0. The highest BCUT2D eigenvalue weighted by Gasteiger charge is 2.52. The van der Waals surface area contributed by atoms with E-state index in [1.807, 2.05) is 24.3 Å². The number of hydrogen-bond acceptors (Lipinski definition) is 4. The lowest BCUT2D eigenvalue weighted by Crippen LogP contribution is -2.59. The maximum absolute atomic E-state index is 13.0. The van der Waals surface area contributed by atoms with Crippen molar-refractivity contribution >= 4 is 33.7 Å². The average Bonchev–Trinajstić information content (AvgIpc) is 2.84. The van der Waals surface area contributed by atoms with Crippen LogP contribution in [0.2, 0.25) is 0 Å². The van der Waals surface area contributed by atoms with E-state index in [1.54, 1.807) is 0 Å². The lowest BCUT2D eigenvalue weighted by atomic mass is 9.74. The number of amides is 2. The van der Waals surface area contributed by atoms with Gasteiger partial charge in [0.25, 0.3) is 0 Å². The van der Waals surface area contributed by atoms with Crippen LogP contribution in [0.5, 0.6) is 0 Å². The highest BCUT2D eigenvalue weighted by Crippen LogP contribution is 2.54. The van der Waals surface area contributed by atoms with E-state index in [1.165, 1.54) is 24.2 Å². The van der Waals surface area contributed by atoms with Crippen LogP contribution in [0, 0.1) is 0 Å². The van der Waals surface area contributed by atoms with Gasteiger partial charge in [-0.05, 0) is 68.1 Å². The standard InChI is InChI=1S/C26H20N2O4/c1-31-25(29)27-23-19-11-15-7-3-5-9-17(15)13-21(19)24(28(27)26(30)32-2)22-14-18-10-6-4-8-16(18)12-20(22)23/h3-14,23-24H,1-2H3. The number of carbonyl (C=O) groups is 2. The van der Waals surface area contributed by atoms with Gasteiger partial charge in [0.05, 0.1) is 14.2 Å². The summed E-state index contributed by atoms with van der Waals surface area (Å²) in [6.07, 6.45) is -1.22. The fourth-order valence-electron chi connectivity index (χ4n) is 5.18. The zero-order chi connectivity index (χ0) is 22.0. The van der Waals surface area contributed by atoms with Crippen LogP contribution in [0.4, 0.5) is 9.59 Å². The lowest BCUT2D eigenvalue weighted by Gasteiger charge is -2.52. The summed E-state index contributed by atoms with van der Waals surface area (Å²) in [5.74, 6) is 0.